The van der Waals surface area contributed by atoms with E-state index in [1.807, 2.05) is 0 Å². The van der Waals surface area contributed by atoms with Crippen molar-refractivity contribution >= 4 is 22.4 Å². The number of fused-ring (bicyclic) bond motifs is 1. The van der Waals surface area contributed by atoms with E-state index in [1.165, 1.54) is 12.1 Å². The molecule has 134 valence electrons. The fourth-order valence-corrected chi connectivity index (χ4v) is 2.92. The lowest BCUT2D eigenvalue weighted by Crippen LogP contribution is -2.05. The Morgan fingerprint density at radius 2 is 1.96 bits per heavy atom. The summed E-state index contributed by atoms with van der Waals surface area (Å²) in [5.41, 5.74) is 1.60. The number of aryl methyl sites for hydroxylation is 1. The van der Waals surface area contributed by atoms with E-state index in [2.05, 4.69) is 6.92 Å². The van der Waals surface area contributed by atoms with E-state index in [0.29, 0.717) is 40.0 Å². The summed E-state index contributed by atoms with van der Waals surface area (Å²) in [6.07, 6.45) is 2.51. The first-order valence-electron chi connectivity index (χ1n) is 8.45. The minimum atomic E-state index is -0.452. The van der Waals surface area contributed by atoms with Crippen LogP contribution in [0.3, 0.4) is 0 Å². The maximum Gasteiger partial charge on any atom is 0.358 e. The van der Waals surface area contributed by atoms with Gasteiger partial charge in [-0.05, 0) is 36.8 Å². The second-order valence-corrected chi connectivity index (χ2v) is 6.02. The van der Waals surface area contributed by atoms with Crippen molar-refractivity contribution < 1.29 is 18.9 Å². The molecular formula is C20H20NO5+. The first kappa shape index (κ1) is 17.7. The van der Waals surface area contributed by atoms with Crippen LogP contribution in [0, 0.1) is 10.1 Å². The zero-order valence-electron chi connectivity index (χ0n) is 14.7. The molecule has 0 bridgehead atoms. The van der Waals surface area contributed by atoms with Crippen LogP contribution >= 0.6 is 0 Å². The third-order valence-electron chi connectivity index (χ3n) is 4.31. The molecular weight excluding hydrogens is 334 g/mol. The Morgan fingerprint density at radius 1 is 1.23 bits per heavy atom. The Labute approximate surface area is 150 Å². The maximum absolute atomic E-state index is 11.1. The van der Waals surface area contributed by atoms with Crippen molar-refractivity contribution in [1.82, 2.24) is 0 Å². The fraction of sp³-hybridized carbons (Fsp3) is 0.250. The third-order valence-corrected chi connectivity index (χ3v) is 4.31. The Bertz CT molecular complexity index is 956. The molecule has 0 saturated carbocycles. The zero-order chi connectivity index (χ0) is 18.7. The summed E-state index contributed by atoms with van der Waals surface area (Å²) < 4.78 is 11.0. The van der Waals surface area contributed by atoms with Gasteiger partial charge in [0.05, 0.1) is 17.6 Å². The van der Waals surface area contributed by atoms with Crippen LogP contribution in [-0.2, 0) is 6.42 Å². The molecule has 2 aromatic carbocycles. The predicted molar refractivity (Wildman–Crippen MR) is 99.6 cm³/mol. The number of benzene rings is 2. The standard InChI is InChI=1S/C20H19NO5/c1-3-4-5-18-19(20(22)13-6-9-15(25-2)10-7-13)16-12-14(21(23)24)8-11-17(16)26-18/h6-12H,3-5H2,1-2H3/p+1. The summed E-state index contributed by atoms with van der Waals surface area (Å²) in [5.74, 6) is 1.36. The van der Waals surface area contributed by atoms with Crippen LogP contribution in [0.2, 0.25) is 0 Å². The lowest BCUT2D eigenvalue weighted by atomic mass is 9.98. The molecule has 0 spiro atoms. The van der Waals surface area contributed by atoms with Gasteiger partial charge in [-0.1, -0.05) is 13.3 Å². The summed E-state index contributed by atoms with van der Waals surface area (Å²) in [5, 5.41) is 11.7. The molecule has 0 unspecified atom stereocenters. The average molecular weight is 354 g/mol. The Balaban J connectivity index is 2.14. The number of nitrogens with zero attached hydrogens (tertiary/aromatic N) is 1. The number of non-ortho nitro benzene ring substituents is 1. The van der Waals surface area contributed by atoms with Gasteiger partial charge in [0.2, 0.25) is 0 Å². The van der Waals surface area contributed by atoms with Crippen LogP contribution in [0.15, 0.2) is 46.9 Å². The maximum atomic E-state index is 11.1. The molecule has 0 radical (unpaired) electrons. The Morgan fingerprint density at radius 3 is 2.58 bits per heavy atom. The number of unbranched alkanes of at least 4 members (excludes halogenated alkanes) is 1. The van der Waals surface area contributed by atoms with Crippen LogP contribution < -0.4 is 4.74 Å². The van der Waals surface area contributed by atoms with Crippen LogP contribution in [0.25, 0.3) is 11.0 Å². The van der Waals surface area contributed by atoms with Gasteiger partial charge in [-0.15, -0.1) is 0 Å². The molecule has 3 rings (SSSR count). The number of hydrogen-bond donors (Lipinski definition) is 0. The molecule has 0 aliphatic carbocycles. The second kappa shape index (κ2) is 7.39. The summed E-state index contributed by atoms with van der Waals surface area (Å²) in [6.45, 7) is 2.07. The second-order valence-electron chi connectivity index (χ2n) is 6.02. The topological polar surface area (TPSA) is 86.9 Å². The molecule has 0 aliphatic heterocycles. The normalized spacial score (nSPS) is 10.8. The van der Waals surface area contributed by atoms with Crippen molar-refractivity contribution in [3.63, 3.8) is 0 Å². The van der Waals surface area contributed by atoms with Gasteiger partial charge < -0.3 is 9.15 Å². The summed E-state index contributed by atoms with van der Waals surface area (Å²) >= 11 is 0. The van der Waals surface area contributed by atoms with Gasteiger partial charge in [0.25, 0.3) is 5.69 Å². The number of methoxy groups -OCH3 is 1. The molecule has 0 saturated heterocycles. The monoisotopic (exact) mass is 354 g/mol. The fourth-order valence-electron chi connectivity index (χ4n) is 2.92. The SMILES string of the molecule is CCCCc1oc2ccc([N+](=O)[O-])cc2c1C(=[OH+])c1ccc(OC)cc1. The van der Waals surface area contributed by atoms with Crippen LogP contribution in [0.1, 0.15) is 36.7 Å². The van der Waals surface area contributed by atoms with Gasteiger partial charge >= 0.3 is 5.78 Å². The number of furan rings is 1. The summed E-state index contributed by atoms with van der Waals surface area (Å²) in [6, 6.07) is 11.4. The number of nitro groups is 1. The van der Waals surface area contributed by atoms with Crippen molar-refractivity contribution in [2.75, 3.05) is 7.11 Å². The van der Waals surface area contributed by atoms with Crippen molar-refractivity contribution in [3.8, 4) is 5.75 Å². The van der Waals surface area contributed by atoms with E-state index in [4.69, 9.17) is 9.15 Å². The molecule has 0 atom stereocenters. The highest BCUT2D eigenvalue weighted by Crippen LogP contribution is 2.32. The number of carbonyl (C=O) groups excluding carboxylic acids is 1. The van der Waals surface area contributed by atoms with E-state index in [-0.39, 0.29) is 11.5 Å². The molecule has 6 heteroatoms. The molecule has 6 nitrogen and oxygen atoms in total. The molecule has 26 heavy (non-hydrogen) atoms. The highest BCUT2D eigenvalue weighted by molar-refractivity contribution is 6.17. The molecule has 3 aromatic rings. The van der Waals surface area contributed by atoms with E-state index < -0.39 is 4.92 Å². The number of ether oxygens (including phenoxy) is 1. The van der Waals surface area contributed by atoms with E-state index in [0.717, 1.165) is 12.8 Å². The van der Waals surface area contributed by atoms with Gasteiger partial charge in [0.15, 0.2) is 0 Å². The minimum Gasteiger partial charge on any atom is -0.497 e. The Hall–Kier alpha value is -3.15. The highest BCUT2D eigenvalue weighted by Gasteiger charge is 2.28. The van der Waals surface area contributed by atoms with Gasteiger partial charge in [0, 0.05) is 23.9 Å². The third kappa shape index (κ3) is 3.31. The lowest BCUT2D eigenvalue weighted by Gasteiger charge is -2.01. The minimum absolute atomic E-state index is 0.0378. The number of ketones is 1. The van der Waals surface area contributed by atoms with Crippen molar-refractivity contribution in [2.45, 2.75) is 26.2 Å². The van der Waals surface area contributed by atoms with Crippen molar-refractivity contribution in [3.05, 3.63) is 69.5 Å². The van der Waals surface area contributed by atoms with Crippen LogP contribution in [0.5, 0.6) is 5.75 Å². The van der Waals surface area contributed by atoms with Crippen LogP contribution in [-0.4, -0.2) is 22.6 Å². The van der Waals surface area contributed by atoms with Gasteiger partial charge in [-0.3, -0.25) is 14.9 Å². The predicted octanol–water partition coefficient (Wildman–Crippen LogP) is 4.63. The highest BCUT2D eigenvalue weighted by atomic mass is 16.6. The lowest BCUT2D eigenvalue weighted by molar-refractivity contribution is -0.384. The van der Waals surface area contributed by atoms with E-state index in [9.17, 15) is 14.9 Å². The largest absolute Gasteiger partial charge is 0.497 e. The number of rotatable bonds is 7. The molecule has 0 fully saturated rings. The smallest absolute Gasteiger partial charge is 0.358 e. The molecule has 1 N–H and O–H groups in total. The number of hydrogen-bond acceptors (Lipinski definition) is 4. The summed E-state index contributed by atoms with van der Waals surface area (Å²) in [7, 11) is 1.57. The van der Waals surface area contributed by atoms with Crippen molar-refractivity contribution in [1.29, 1.82) is 0 Å². The van der Waals surface area contributed by atoms with E-state index >= 15 is 0 Å². The number of nitro benzene ring substituents is 1. The van der Waals surface area contributed by atoms with Gasteiger partial charge in [-0.25, -0.2) is 0 Å². The zero-order valence-corrected chi connectivity index (χ0v) is 14.7. The Kier molecular flexibility index (Phi) is 5.02. The van der Waals surface area contributed by atoms with Gasteiger partial charge in [0.1, 0.15) is 22.7 Å². The molecule has 0 amide bonds. The molecule has 0 aliphatic rings. The van der Waals surface area contributed by atoms with Crippen LogP contribution in [0.4, 0.5) is 5.69 Å². The quantitative estimate of drug-likeness (QED) is 0.268. The summed E-state index contributed by atoms with van der Waals surface area (Å²) in [4.78, 5) is 21.6. The first-order chi connectivity index (χ1) is 12.5. The van der Waals surface area contributed by atoms with Gasteiger partial charge in [-0.2, -0.15) is 0 Å². The first-order valence-corrected chi connectivity index (χ1v) is 8.45. The molecule has 1 heterocycles. The average Bonchev–Trinajstić information content (AvgIpc) is 3.03. The van der Waals surface area contributed by atoms with E-state index in [1.54, 1.807) is 37.4 Å². The molecule has 1 aromatic heterocycles. The van der Waals surface area contributed by atoms with Crippen molar-refractivity contribution in [2.24, 2.45) is 0 Å².